The molecule has 1 aliphatic heterocycles. The summed E-state index contributed by atoms with van der Waals surface area (Å²) in [5.41, 5.74) is 0.0824. The van der Waals surface area contributed by atoms with Gasteiger partial charge >= 0.3 is 6.18 Å². The highest BCUT2D eigenvalue weighted by Gasteiger charge is 2.36. The average molecular weight is 455 g/mol. The van der Waals surface area contributed by atoms with E-state index in [1.165, 1.54) is 24.5 Å². The number of benzene rings is 1. The Bertz CT molecular complexity index is 1190. The number of piperidine rings is 1. The first kappa shape index (κ1) is 21.4. The topological polar surface area (TPSA) is 88.1 Å². The lowest BCUT2D eigenvalue weighted by atomic mass is 10.1. The third kappa shape index (κ3) is 4.59. The summed E-state index contributed by atoms with van der Waals surface area (Å²) in [4.78, 5) is 12.8. The number of hydrogen-bond acceptors (Lipinski definition) is 6. The predicted molar refractivity (Wildman–Crippen MR) is 104 cm³/mol. The van der Waals surface area contributed by atoms with Crippen LogP contribution in [0.15, 0.2) is 47.6 Å². The highest BCUT2D eigenvalue weighted by molar-refractivity contribution is 7.89. The molecular weight excluding hydrogens is 438 g/mol. The van der Waals surface area contributed by atoms with E-state index in [0.29, 0.717) is 31.3 Å². The van der Waals surface area contributed by atoms with E-state index in [-0.39, 0.29) is 16.2 Å². The van der Waals surface area contributed by atoms with E-state index in [2.05, 4.69) is 19.7 Å². The Morgan fingerprint density at radius 2 is 1.71 bits per heavy atom. The third-order valence-electron chi connectivity index (χ3n) is 4.97. The van der Waals surface area contributed by atoms with Crippen molar-refractivity contribution in [3.63, 3.8) is 0 Å². The van der Waals surface area contributed by atoms with Gasteiger partial charge in [0.05, 0.1) is 16.6 Å². The Morgan fingerprint density at radius 3 is 2.35 bits per heavy atom. The number of nitrogens with zero attached hydrogens (tertiary/aromatic N) is 4. The quantitative estimate of drug-likeness (QED) is 0.609. The van der Waals surface area contributed by atoms with E-state index in [0.717, 1.165) is 12.1 Å². The molecule has 164 valence electrons. The fraction of sp³-hybridized carbons (Fsp3) is 0.316. The molecule has 0 spiro atoms. The molecule has 3 heterocycles. The lowest BCUT2D eigenvalue weighted by Crippen LogP contribution is -2.45. The van der Waals surface area contributed by atoms with Crippen molar-refractivity contribution < 1.29 is 26.0 Å². The number of alkyl halides is 3. The van der Waals surface area contributed by atoms with Crippen LogP contribution >= 0.6 is 0 Å². The maximum absolute atomic E-state index is 13.2. The molecule has 1 aromatic carbocycles. The molecule has 1 fully saturated rings. The van der Waals surface area contributed by atoms with Crippen molar-refractivity contribution in [2.75, 3.05) is 18.0 Å². The van der Waals surface area contributed by atoms with E-state index in [4.69, 9.17) is 0 Å². The molecule has 4 rings (SSSR count). The first-order valence-electron chi connectivity index (χ1n) is 9.35. The molecule has 0 aliphatic carbocycles. The van der Waals surface area contributed by atoms with Crippen LogP contribution in [0.3, 0.4) is 0 Å². The largest absolute Gasteiger partial charge is 0.451 e. The van der Waals surface area contributed by atoms with Crippen LogP contribution in [-0.2, 0) is 16.2 Å². The van der Waals surface area contributed by atoms with E-state index >= 15 is 0 Å². The first-order valence-corrected chi connectivity index (χ1v) is 10.8. The van der Waals surface area contributed by atoms with Crippen molar-refractivity contribution in [1.82, 2.24) is 19.7 Å². The number of fused-ring (bicyclic) bond motifs is 1. The molecule has 31 heavy (non-hydrogen) atoms. The monoisotopic (exact) mass is 455 g/mol. The molecule has 0 bridgehead atoms. The number of sulfonamides is 1. The van der Waals surface area contributed by atoms with Gasteiger partial charge in [-0.3, -0.25) is 4.98 Å². The molecular formula is C19H17F4N5O2S. The lowest BCUT2D eigenvalue weighted by Gasteiger charge is -2.33. The molecule has 12 heteroatoms. The summed E-state index contributed by atoms with van der Waals surface area (Å²) in [5.74, 6) is -1.65. The highest BCUT2D eigenvalue weighted by atomic mass is 32.2. The number of aromatic nitrogens is 3. The van der Waals surface area contributed by atoms with Crippen molar-refractivity contribution in [1.29, 1.82) is 0 Å². The Kier molecular flexibility index (Phi) is 5.52. The van der Waals surface area contributed by atoms with E-state index in [1.807, 2.05) is 0 Å². The molecule has 2 aromatic heterocycles. The predicted octanol–water partition coefficient (Wildman–Crippen LogP) is 3.13. The van der Waals surface area contributed by atoms with Gasteiger partial charge in [-0.2, -0.15) is 13.2 Å². The molecule has 0 amide bonds. The summed E-state index contributed by atoms with van der Waals surface area (Å²) < 4.78 is 80.3. The van der Waals surface area contributed by atoms with Gasteiger partial charge in [0.15, 0.2) is 0 Å². The van der Waals surface area contributed by atoms with E-state index in [1.54, 1.807) is 11.0 Å². The minimum atomic E-state index is -4.71. The van der Waals surface area contributed by atoms with Gasteiger partial charge in [-0.1, -0.05) is 0 Å². The molecule has 1 aliphatic rings. The number of nitrogens with one attached hydrogen (secondary N) is 1. The van der Waals surface area contributed by atoms with Crippen LogP contribution in [0.4, 0.5) is 23.4 Å². The Labute approximate surface area is 175 Å². The molecule has 1 N–H and O–H groups in total. The number of hydrogen-bond donors (Lipinski definition) is 1. The van der Waals surface area contributed by atoms with Crippen molar-refractivity contribution in [3.8, 4) is 0 Å². The van der Waals surface area contributed by atoms with Crippen molar-refractivity contribution in [2.45, 2.75) is 30.0 Å². The van der Waals surface area contributed by atoms with Gasteiger partial charge in [0, 0.05) is 30.7 Å². The van der Waals surface area contributed by atoms with Gasteiger partial charge in [-0.15, -0.1) is 0 Å². The Balaban J connectivity index is 1.52. The molecule has 3 aromatic rings. The van der Waals surface area contributed by atoms with Gasteiger partial charge in [0.25, 0.3) is 0 Å². The third-order valence-corrected chi connectivity index (χ3v) is 6.51. The van der Waals surface area contributed by atoms with Crippen molar-refractivity contribution in [2.24, 2.45) is 0 Å². The Hall–Kier alpha value is -2.86. The average Bonchev–Trinajstić information content (AvgIpc) is 2.73. The van der Waals surface area contributed by atoms with Crippen LogP contribution in [-0.4, -0.2) is 42.5 Å². The zero-order chi connectivity index (χ0) is 22.2. The molecule has 0 unspecified atom stereocenters. The molecule has 1 saturated heterocycles. The SMILES string of the molecule is O=S(=O)(NC1CCN(c2nc(C(F)(F)F)nc3cnccc23)CC1)c1ccc(F)cc1. The number of pyridine rings is 1. The maximum atomic E-state index is 13.2. The summed E-state index contributed by atoms with van der Waals surface area (Å²) in [6, 6.07) is 5.60. The van der Waals surface area contributed by atoms with Crippen LogP contribution in [0, 0.1) is 5.82 Å². The number of anilines is 1. The summed E-state index contributed by atoms with van der Waals surface area (Å²) in [6.07, 6.45) is -1.29. The van der Waals surface area contributed by atoms with E-state index in [9.17, 15) is 26.0 Å². The van der Waals surface area contributed by atoms with Crippen LogP contribution in [0.5, 0.6) is 0 Å². The Morgan fingerprint density at radius 1 is 1.03 bits per heavy atom. The van der Waals surface area contributed by atoms with Crippen LogP contribution in [0.2, 0.25) is 0 Å². The van der Waals surface area contributed by atoms with Crippen molar-refractivity contribution in [3.05, 3.63) is 54.4 Å². The van der Waals surface area contributed by atoms with Crippen LogP contribution < -0.4 is 9.62 Å². The van der Waals surface area contributed by atoms with Crippen molar-refractivity contribution >= 4 is 26.7 Å². The summed E-state index contributed by atoms with van der Waals surface area (Å²) in [6.45, 7) is 0.588. The first-order chi connectivity index (χ1) is 14.6. The summed E-state index contributed by atoms with van der Waals surface area (Å²) >= 11 is 0. The highest BCUT2D eigenvalue weighted by Crippen LogP contribution is 2.32. The minimum Gasteiger partial charge on any atom is -0.356 e. The van der Waals surface area contributed by atoms with Crippen LogP contribution in [0.1, 0.15) is 18.7 Å². The summed E-state index contributed by atoms with van der Waals surface area (Å²) in [7, 11) is -3.84. The minimum absolute atomic E-state index is 0.0551. The second-order valence-corrected chi connectivity index (χ2v) is 8.81. The number of rotatable bonds is 4. The van der Waals surface area contributed by atoms with Gasteiger partial charge in [-0.25, -0.2) is 27.5 Å². The van der Waals surface area contributed by atoms with Crippen LogP contribution in [0.25, 0.3) is 10.9 Å². The maximum Gasteiger partial charge on any atom is 0.451 e. The van der Waals surface area contributed by atoms with Gasteiger partial charge in [0.1, 0.15) is 11.6 Å². The fourth-order valence-electron chi connectivity index (χ4n) is 3.44. The van der Waals surface area contributed by atoms with E-state index < -0.39 is 33.9 Å². The normalized spacial score (nSPS) is 16.1. The van der Waals surface area contributed by atoms with Gasteiger partial charge < -0.3 is 4.90 Å². The second kappa shape index (κ2) is 8.00. The van der Waals surface area contributed by atoms with Gasteiger partial charge in [-0.05, 0) is 43.2 Å². The molecule has 0 saturated carbocycles. The van der Waals surface area contributed by atoms with Gasteiger partial charge in [0.2, 0.25) is 15.8 Å². The second-order valence-electron chi connectivity index (χ2n) is 7.10. The zero-order valence-corrected chi connectivity index (χ0v) is 16.8. The fourth-order valence-corrected chi connectivity index (χ4v) is 4.75. The molecule has 7 nitrogen and oxygen atoms in total. The standard InChI is InChI=1S/C19H17F4N5O2S/c20-12-1-3-14(4-2-12)31(29,30)27-13-6-9-28(10-7-13)17-15-5-8-24-11-16(15)25-18(26-17)19(21,22)23/h1-5,8,11,13,27H,6-7,9-10H2. The smallest absolute Gasteiger partial charge is 0.356 e. The molecule has 0 radical (unpaired) electrons. The summed E-state index contributed by atoms with van der Waals surface area (Å²) in [5, 5.41) is 0.438. The zero-order valence-electron chi connectivity index (χ0n) is 16.0. The molecule has 0 atom stereocenters. The number of halogens is 4. The lowest BCUT2D eigenvalue weighted by molar-refractivity contribution is -0.144.